The van der Waals surface area contributed by atoms with Crippen molar-refractivity contribution in [3.8, 4) is 0 Å². The number of aromatic nitrogens is 1. The Morgan fingerprint density at radius 1 is 1.03 bits per heavy atom. The Morgan fingerprint density at radius 2 is 1.84 bits per heavy atom. The molecule has 4 heteroatoms. The molecule has 2 atom stereocenters. The van der Waals surface area contributed by atoms with Crippen molar-refractivity contribution in [2.45, 2.75) is 32.4 Å². The van der Waals surface area contributed by atoms with E-state index in [1.165, 1.54) is 39.7 Å². The molecule has 5 rings (SSSR count). The van der Waals surface area contributed by atoms with Crippen LogP contribution in [0.1, 0.15) is 34.6 Å². The minimum Gasteiger partial charge on any atom is -0.352 e. The number of carbonyl (C=O) groups is 1. The standard InChI is InChI=1S/C27H25FN2O/c1-18-9-11-19(12-10-18)16-30-17-25(22-7-2-3-8-26(22)30)23-14-24(23)27(31)29-15-20-5-4-6-21(28)13-20/h2-13,17,23-24H,14-16H2,1H3,(H,29,31)/t23-,24-/m0/s1. The lowest BCUT2D eigenvalue weighted by molar-refractivity contribution is -0.122. The number of amides is 1. The smallest absolute Gasteiger partial charge is 0.224 e. The first-order chi connectivity index (χ1) is 15.1. The summed E-state index contributed by atoms with van der Waals surface area (Å²) in [5, 5.41) is 4.20. The first kappa shape index (κ1) is 19.6. The first-order valence-corrected chi connectivity index (χ1v) is 10.7. The molecule has 31 heavy (non-hydrogen) atoms. The van der Waals surface area contributed by atoms with Gasteiger partial charge in [-0.15, -0.1) is 0 Å². The maximum Gasteiger partial charge on any atom is 0.224 e. The Balaban J connectivity index is 1.32. The van der Waals surface area contributed by atoms with E-state index in [1.54, 1.807) is 6.07 Å². The van der Waals surface area contributed by atoms with Crippen LogP contribution >= 0.6 is 0 Å². The molecule has 0 aliphatic heterocycles. The maximum atomic E-state index is 13.4. The van der Waals surface area contributed by atoms with E-state index in [-0.39, 0.29) is 23.6 Å². The maximum absolute atomic E-state index is 13.4. The number of aryl methyl sites for hydroxylation is 1. The summed E-state index contributed by atoms with van der Waals surface area (Å²) in [6, 6.07) is 23.4. The van der Waals surface area contributed by atoms with Crippen molar-refractivity contribution in [3.63, 3.8) is 0 Å². The van der Waals surface area contributed by atoms with Crippen LogP contribution in [0.4, 0.5) is 4.39 Å². The fraction of sp³-hybridized carbons (Fsp3) is 0.222. The molecule has 1 fully saturated rings. The van der Waals surface area contributed by atoms with Gasteiger partial charge in [-0.2, -0.15) is 0 Å². The first-order valence-electron chi connectivity index (χ1n) is 10.7. The summed E-state index contributed by atoms with van der Waals surface area (Å²) in [7, 11) is 0. The van der Waals surface area contributed by atoms with Gasteiger partial charge in [-0.3, -0.25) is 4.79 Å². The fourth-order valence-electron chi connectivity index (χ4n) is 4.39. The van der Waals surface area contributed by atoms with E-state index in [0.29, 0.717) is 6.54 Å². The van der Waals surface area contributed by atoms with Gasteiger partial charge in [0.25, 0.3) is 0 Å². The quantitative estimate of drug-likeness (QED) is 0.442. The Kier molecular flexibility index (Phi) is 5.06. The highest BCUT2D eigenvalue weighted by Gasteiger charge is 2.45. The number of hydrogen-bond donors (Lipinski definition) is 1. The topological polar surface area (TPSA) is 34.0 Å². The third kappa shape index (κ3) is 4.11. The van der Waals surface area contributed by atoms with Gasteiger partial charge >= 0.3 is 0 Å². The molecule has 3 nitrogen and oxygen atoms in total. The van der Waals surface area contributed by atoms with Gasteiger partial charge in [-0.1, -0.05) is 60.2 Å². The Bertz CT molecular complexity index is 1240. The van der Waals surface area contributed by atoms with Gasteiger partial charge in [0.15, 0.2) is 0 Å². The largest absolute Gasteiger partial charge is 0.352 e. The summed E-state index contributed by atoms with van der Waals surface area (Å²) in [6.45, 7) is 3.26. The molecule has 0 bridgehead atoms. The molecule has 1 aliphatic rings. The molecule has 0 unspecified atom stereocenters. The highest BCUT2D eigenvalue weighted by molar-refractivity contribution is 5.89. The molecule has 156 valence electrons. The molecule has 0 spiro atoms. The van der Waals surface area contributed by atoms with Crippen molar-refractivity contribution >= 4 is 16.8 Å². The van der Waals surface area contributed by atoms with Crippen molar-refractivity contribution in [1.29, 1.82) is 0 Å². The van der Waals surface area contributed by atoms with Gasteiger partial charge in [0.2, 0.25) is 5.91 Å². The van der Waals surface area contributed by atoms with Gasteiger partial charge < -0.3 is 9.88 Å². The average Bonchev–Trinajstić information content (AvgIpc) is 3.50. The van der Waals surface area contributed by atoms with Crippen LogP contribution in [0.3, 0.4) is 0 Å². The predicted octanol–water partition coefficient (Wildman–Crippen LogP) is 5.56. The third-order valence-corrected chi connectivity index (χ3v) is 6.18. The summed E-state index contributed by atoms with van der Waals surface area (Å²) in [4.78, 5) is 12.7. The third-order valence-electron chi connectivity index (χ3n) is 6.18. The van der Waals surface area contributed by atoms with Gasteiger partial charge in [0.05, 0.1) is 0 Å². The molecule has 1 saturated carbocycles. The van der Waals surface area contributed by atoms with Gasteiger partial charge in [0.1, 0.15) is 5.82 Å². The number of rotatable bonds is 6. The molecule has 0 saturated heterocycles. The number of benzene rings is 3. The van der Waals surface area contributed by atoms with Crippen LogP contribution in [0.15, 0.2) is 79.0 Å². The summed E-state index contributed by atoms with van der Waals surface area (Å²) >= 11 is 0. The van der Waals surface area contributed by atoms with Gasteiger partial charge in [-0.05, 0) is 54.2 Å². The zero-order valence-corrected chi connectivity index (χ0v) is 17.5. The van der Waals surface area contributed by atoms with E-state index in [4.69, 9.17) is 0 Å². The Labute approximate surface area is 181 Å². The number of fused-ring (bicyclic) bond motifs is 1. The molecule has 1 amide bonds. The van der Waals surface area contributed by atoms with Gasteiger partial charge in [-0.25, -0.2) is 4.39 Å². The van der Waals surface area contributed by atoms with Crippen LogP contribution in [-0.2, 0) is 17.9 Å². The molecule has 1 heterocycles. The van der Waals surface area contributed by atoms with Crippen molar-refractivity contribution in [2.24, 2.45) is 5.92 Å². The molecular weight excluding hydrogens is 387 g/mol. The molecular formula is C27H25FN2O. The lowest BCUT2D eigenvalue weighted by Gasteiger charge is -2.06. The van der Waals surface area contributed by atoms with Crippen molar-refractivity contribution in [1.82, 2.24) is 9.88 Å². The van der Waals surface area contributed by atoms with Crippen molar-refractivity contribution < 1.29 is 9.18 Å². The fourth-order valence-corrected chi connectivity index (χ4v) is 4.39. The molecule has 1 N–H and O–H groups in total. The highest BCUT2D eigenvalue weighted by atomic mass is 19.1. The van der Waals surface area contributed by atoms with E-state index in [2.05, 4.69) is 71.5 Å². The minimum atomic E-state index is -0.280. The monoisotopic (exact) mass is 412 g/mol. The Morgan fingerprint density at radius 3 is 2.65 bits per heavy atom. The number of para-hydroxylation sites is 1. The van der Waals surface area contributed by atoms with E-state index < -0.39 is 0 Å². The van der Waals surface area contributed by atoms with Crippen LogP contribution < -0.4 is 5.32 Å². The molecule has 0 radical (unpaired) electrons. The second-order valence-electron chi connectivity index (χ2n) is 8.51. The SMILES string of the molecule is Cc1ccc(Cn2cc([C@H]3C[C@@H]3C(=O)NCc3cccc(F)c3)c3ccccc32)cc1. The second kappa shape index (κ2) is 8.03. The number of carbonyl (C=O) groups excluding carboxylic acids is 1. The van der Waals surface area contributed by atoms with E-state index in [9.17, 15) is 9.18 Å². The van der Waals surface area contributed by atoms with Crippen LogP contribution in [0, 0.1) is 18.7 Å². The molecule has 1 aliphatic carbocycles. The summed E-state index contributed by atoms with van der Waals surface area (Å²) in [5.41, 5.74) is 5.74. The minimum absolute atomic E-state index is 0.0211. The molecule has 3 aromatic carbocycles. The van der Waals surface area contributed by atoms with Crippen LogP contribution in [0.25, 0.3) is 10.9 Å². The van der Waals surface area contributed by atoms with Crippen molar-refractivity contribution in [2.75, 3.05) is 0 Å². The van der Waals surface area contributed by atoms with Crippen LogP contribution in [0.2, 0.25) is 0 Å². The predicted molar refractivity (Wildman–Crippen MR) is 121 cm³/mol. The molecule has 4 aromatic rings. The van der Waals surface area contributed by atoms with Gasteiger partial charge in [0, 0.05) is 36.1 Å². The number of hydrogen-bond acceptors (Lipinski definition) is 1. The zero-order valence-electron chi connectivity index (χ0n) is 17.5. The number of halogens is 1. The average molecular weight is 413 g/mol. The normalized spacial score (nSPS) is 17.6. The van der Waals surface area contributed by atoms with E-state index >= 15 is 0 Å². The summed E-state index contributed by atoms with van der Waals surface area (Å²) in [5.74, 6) is -0.0223. The van der Waals surface area contributed by atoms with E-state index in [1.807, 2.05) is 6.07 Å². The molecule has 1 aromatic heterocycles. The Hall–Kier alpha value is -3.40. The van der Waals surface area contributed by atoms with E-state index in [0.717, 1.165) is 18.5 Å². The summed E-state index contributed by atoms with van der Waals surface area (Å²) < 4.78 is 15.6. The summed E-state index contributed by atoms with van der Waals surface area (Å²) in [6.07, 6.45) is 3.07. The highest BCUT2D eigenvalue weighted by Crippen LogP contribution is 2.50. The lowest BCUT2D eigenvalue weighted by atomic mass is 10.1. The van der Waals surface area contributed by atoms with Crippen molar-refractivity contribution in [3.05, 3.63) is 107 Å². The van der Waals surface area contributed by atoms with Crippen LogP contribution in [-0.4, -0.2) is 10.5 Å². The van der Waals surface area contributed by atoms with Crippen LogP contribution in [0.5, 0.6) is 0 Å². The second-order valence-corrected chi connectivity index (χ2v) is 8.51. The number of nitrogens with one attached hydrogen (secondary N) is 1. The lowest BCUT2D eigenvalue weighted by Crippen LogP contribution is -2.24. The number of nitrogens with zero attached hydrogens (tertiary/aromatic N) is 1. The zero-order chi connectivity index (χ0) is 21.4.